The van der Waals surface area contributed by atoms with Gasteiger partial charge < -0.3 is 0 Å². The molecular weight excluding hydrogens is 160 g/mol. The summed E-state index contributed by atoms with van der Waals surface area (Å²) in [6.07, 6.45) is 5.52. The maximum Gasteiger partial charge on any atom is 0.0675 e. The fraction of sp³-hybridized carbons (Fsp3) is 0.455. The van der Waals surface area contributed by atoms with Crippen molar-refractivity contribution in [3.63, 3.8) is 0 Å². The second kappa shape index (κ2) is 2.95. The minimum absolute atomic E-state index is 0.592. The van der Waals surface area contributed by atoms with Crippen LogP contribution < -0.4 is 0 Å². The van der Waals surface area contributed by atoms with E-state index in [9.17, 15) is 0 Å². The van der Waals surface area contributed by atoms with Crippen LogP contribution in [-0.4, -0.2) is 10.2 Å². The van der Waals surface area contributed by atoms with Crippen LogP contribution in [0.1, 0.15) is 41.8 Å². The highest BCUT2D eigenvalue weighted by Crippen LogP contribution is 2.31. The molecule has 0 fully saturated rings. The van der Waals surface area contributed by atoms with Gasteiger partial charge in [0.15, 0.2) is 0 Å². The van der Waals surface area contributed by atoms with Gasteiger partial charge in [0.25, 0.3) is 0 Å². The Morgan fingerprint density at radius 1 is 1.23 bits per heavy atom. The maximum atomic E-state index is 4.16. The third-order valence-electron chi connectivity index (χ3n) is 2.69. The monoisotopic (exact) mass is 174 g/mol. The Balaban J connectivity index is 2.69. The number of allylic oxidation sites excluding steroid dienone is 1. The Labute approximate surface area is 78.7 Å². The van der Waals surface area contributed by atoms with Gasteiger partial charge in [0.05, 0.1) is 11.4 Å². The first-order chi connectivity index (χ1) is 6.20. The van der Waals surface area contributed by atoms with Crippen LogP contribution in [0, 0.1) is 13.8 Å². The molecule has 68 valence electrons. The van der Waals surface area contributed by atoms with Crippen molar-refractivity contribution in [1.29, 1.82) is 0 Å². The van der Waals surface area contributed by atoms with Crippen molar-refractivity contribution in [3.05, 3.63) is 28.6 Å². The summed E-state index contributed by atoms with van der Waals surface area (Å²) in [6.45, 7) is 6.31. The molecule has 0 saturated carbocycles. The number of hydrogen-bond acceptors (Lipinski definition) is 2. The second-order valence-corrected chi connectivity index (χ2v) is 3.74. The van der Waals surface area contributed by atoms with Crippen LogP contribution in [0.4, 0.5) is 0 Å². The molecule has 2 rings (SSSR count). The van der Waals surface area contributed by atoms with Crippen LogP contribution in [0.25, 0.3) is 6.08 Å². The van der Waals surface area contributed by atoms with Crippen LogP contribution >= 0.6 is 0 Å². The highest BCUT2D eigenvalue weighted by Gasteiger charge is 2.17. The van der Waals surface area contributed by atoms with Crippen molar-refractivity contribution >= 4 is 6.08 Å². The molecular formula is C11H14N2. The first-order valence-corrected chi connectivity index (χ1v) is 4.70. The van der Waals surface area contributed by atoms with E-state index in [2.05, 4.69) is 29.3 Å². The average molecular weight is 174 g/mol. The van der Waals surface area contributed by atoms with Gasteiger partial charge in [-0.15, -0.1) is 0 Å². The van der Waals surface area contributed by atoms with Gasteiger partial charge in [0, 0.05) is 5.56 Å². The van der Waals surface area contributed by atoms with E-state index in [1.165, 1.54) is 11.1 Å². The van der Waals surface area contributed by atoms with Crippen LogP contribution in [0.3, 0.4) is 0 Å². The number of nitrogens with zero attached hydrogens (tertiary/aromatic N) is 2. The molecule has 0 aromatic carbocycles. The highest BCUT2D eigenvalue weighted by molar-refractivity contribution is 5.60. The zero-order chi connectivity index (χ0) is 9.42. The Morgan fingerprint density at radius 2 is 1.92 bits per heavy atom. The largest absolute Gasteiger partial charge is 0.155 e. The smallest absolute Gasteiger partial charge is 0.0675 e. The molecule has 1 heterocycles. The first kappa shape index (κ1) is 8.42. The molecule has 0 spiro atoms. The van der Waals surface area contributed by atoms with Gasteiger partial charge in [-0.3, -0.25) is 0 Å². The number of aromatic nitrogens is 2. The summed E-state index contributed by atoms with van der Waals surface area (Å²) in [5.41, 5.74) is 4.79. The molecule has 13 heavy (non-hydrogen) atoms. The van der Waals surface area contributed by atoms with E-state index in [1.807, 2.05) is 13.8 Å². The lowest BCUT2D eigenvalue weighted by molar-refractivity contribution is 0.738. The highest BCUT2D eigenvalue weighted by atomic mass is 15.1. The normalized spacial score (nSPS) is 20.1. The summed E-state index contributed by atoms with van der Waals surface area (Å²) in [5, 5.41) is 8.28. The molecule has 1 unspecified atom stereocenters. The summed E-state index contributed by atoms with van der Waals surface area (Å²) in [6, 6.07) is 0. The second-order valence-electron chi connectivity index (χ2n) is 3.74. The third-order valence-corrected chi connectivity index (χ3v) is 2.69. The maximum absolute atomic E-state index is 4.16. The van der Waals surface area contributed by atoms with E-state index in [-0.39, 0.29) is 0 Å². The molecule has 1 aliphatic carbocycles. The van der Waals surface area contributed by atoms with Gasteiger partial charge in [-0.05, 0) is 31.7 Å². The van der Waals surface area contributed by atoms with E-state index >= 15 is 0 Å². The van der Waals surface area contributed by atoms with Crippen molar-refractivity contribution in [1.82, 2.24) is 10.2 Å². The SMILES string of the molecule is Cc1nnc(C)c2c1C=CCC2C. The average Bonchev–Trinajstić information content (AvgIpc) is 2.12. The fourth-order valence-electron chi connectivity index (χ4n) is 1.99. The van der Waals surface area contributed by atoms with Gasteiger partial charge in [-0.25, -0.2) is 0 Å². The van der Waals surface area contributed by atoms with Gasteiger partial charge in [0.2, 0.25) is 0 Å². The molecule has 0 N–H and O–H groups in total. The Kier molecular flexibility index (Phi) is 1.91. The lowest BCUT2D eigenvalue weighted by atomic mass is 9.87. The molecule has 0 aliphatic heterocycles. The molecule has 0 saturated heterocycles. The zero-order valence-electron chi connectivity index (χ0n) is 8.33. The minimum Gasteiger partial charge on any atom is -0.155 e. The standard InChI is InChI=1S/C11H14N2/c1-7-5-4-6-10-8(2)12-13-9(3)11(7)10/h4,6-7H,5H2,1-3H3. The van der Waals surface area contributed by atoms with Gasteiger partial charge in [-0.2, -0.15) is 10.2 Å². The molecule has 0 amide bonds. The van der Waals surface area contributed by atoms with Crippen LogP contribution in [0.5, 0.6) is 0 Å². The van der Waals surface area contributed by atoms with E-state index in [4.69, 9.17) is 0 Å². The van der Waals surface area contributed by atoms with Crippen molar-refractivity contribution in [3.8, 4) is 0 Å². The predicted octanol–water partition coefficient (Wildman–Crippen LogP) is 2.61. The summed E-state index contributed by atoms with van der Waals surface area (Å²) < 4.78 is 0. The number of aryl methyl sites for hydroxylation is 2. The molecule has 1 atom stereocenters. The van der Waals surface area contributed by atoms with Crippen LogP contribution in [-0.2, 0) is 0 Å². The van der Waals surface area contributed by atoms with E-state index in [0.717, 1.165) is 17.8 Å². The quantitative estimate of drug-likeness (QED) is 0.604. The third kappa shape index (κ3) is 1.26. The summed E-state index contributed by atoms with van der Waals surface area (Å²) in [5.74, 6) is 0.592. The van der Waals surface area contributed by atoms with E-state index in [0.29, 0.717) is 5.92 Å². The molecule has 1 aromatic heterocycles. The summed E-state index contributed by atoms with van der Waals surface area (Å²) in [4.78, 5) is 0. The molecule has 1 aromatic rings. The van der Waals surface area contributed by atoms with Crippen LogP contribution in [0.15, 0.2) is 6.08 Å². The van der Waals surface area contributed by atoms with Crippen molar-refractivity contribution in [2.45, 2.75) is 33.1 Å². The first-order valence-electron chi connectivity index (χ1n) is 4.70. The number of hydrogen-bond donors (Lipinski definition) is 0. The van der Waals surface area contributed by atoms with E-state index < -0.39 is 0 Å². The zero-order valence-corrected chi connectivity index (χ0v) is 8.33. The van der Waals surface area contributed by atoms with Crippen LogP contribution in [0.2, 0.25) is 0 Å². The summed E-state index contributed by atoms with van der Waals surface area (Å²) >= 11 is 0. The molecule has 0 bridgehead atoms. The lowest BCUT2D eigenvalue weighted by Crippen LogP contribution is -2.08. The summed E-state index contributed by atoms with van der Waals surface area (Å²) in [7, 11) is 0. The predicted molar refractivity (Wildman–Crippen MR) is 53.6 cm³/mol. The van der Waals surface area contributed by atoms with E-state index in [1.54, 1.807) is 0 Å². The fourth-order valence-corrected chi connectivity index (χ4v) is 1.99. The van der Waals surface area contributed by atoms with Crippen molar-refractivity contribution in [2.75, 3.05) is 0 Å². The molecule has 1 aliphatic rings. The molecule has 2 nitrogen and oxygen atoms in total. The molecule has 2 heteroatoms. The van der Waals surface area contributed by atoms with Gasteiger partial charge >= 0.3 is 0 Å². The van der Waals surface area contributed by atoms with Gasteiger partial charge in [0.1, 0.15) is 0 Å². The Hall–Kier alpha value is -1.18. The number of rotatable bonds is 0. The minimum atomic E-state index is 0.592. The Morgan fingerprint density at radius 3 is 2.62 bits per heavy atom. The van der Waals surface area contributed by atoms with Gasteiger partial charge in [-0.1, -0.05) is 19.1 Å². The van der Waals surface area contributed by atoms with Crippen molar-refractivity contribution in [2.24, 2.45) is 0 Å². The topological polar surface area (TPSA) is 25.8 Å². The lowest BCUT2D eigenvalue weighted by Gasteiger charge is -2.19. The molecule has 0 radical (unpaired) electrons. The Bertz CT molecular complexity index is 367. The number of fused-ring (bicyclic) bond motifs is 1. The van der Waals surface area contributed by atoms with Crippen molar-refractivity contribution < 1.29 is 0 Å².